The Balaban J connectivity index is 1.56. The van der Waals surface area contributed by atoms with Crippen molar-refractivity contribution in [2.24, 2.45) is 5.92 Å². The van der Waals surface area contributed by atoms with Crippen LogP contribution in [0.1, 0.15) is 38.5 Å². The van der Waals surface area contributed by atoms with Crippen molar-refractivity contribution >= 4 is 5.91 Å². The number of rotatable bonds is 7. The SMILES string of the molecule is CNCCC1CCN(C(=O)CCOC2CCOCC2)CC1. The third-order valence-electron chi connectivity index (χ3n) is 4.61. The molecule has 2 saturated heterocycles. The molecule has 5 nitrogen and oxygen atoms in total. The van der Waals surface area contributed by atoms with Gasteiger partial charge in [-0.15, -0.1) is 0 Å². The maximum atomic E-state index is 12.2. The van der Waals surface area contributed by atoms with Crippen LogP contribution in [-0.2, 0) is 14.3 Å². The van der Waals surface area contributed by atoms with Crippen LogP contribution in [-0.4, -0.2) is 63.4 Å². The molecule has 2 aliphatic rings. The lowest BCUT2D eigenvalue weighted by atomic mass is 9.93. The zero-order valence-electron chi connectivity index (χ0n) is 13.3. The van der Waals surface area contributed by atoms with Crippen LogP contribution >= 0.6 is 0 Å². The molecule has 0 spiro atoms. The second-order valence-corrected chi connectivity index (χ2v) is 6.15. The lowest BCUT2D eigenvalue weighted by Gasteiger charge is -2.32. The monoisotopic (exact) mass is 298 g/mol. The Morgan fingerprint density at radius 1 is 1.24 bits per heavy atom. The number of carbonyl (C=O) groups is 1. The number of nitrogens with zero attached hydrogens (tertiary/aromatic N) is 1. The number of hydrogen-bond donors (Lipinski definition) is 1. The summed E-state index contributed by atoms with van der Waals surface area (Å²) in [5, 5.41) is 3.20. The zero-order chi connectivity index (χ0) is 14.9. The Morgan fingerprint density at radius 2 is 1.95 bits per heavy atom. The van der Waals surface area contributed by atoms with E-state index in [4.69, 9.17) is 9.47 Å². The quantitative estimate of drug-likeness (QED) is 0.772. The molecule has 21 heavy (non-hydrogen) atoms. The summed E-state index contributed by atoms with van der Waals surface area (Å²) in [6, 6.07) is 0. The van der Waals surface area contributed by atoms with Crippen molar-refractivity contribution in [2.75, 3.05) is 46.5 Å². The molecule has 0 atom stereocenters. The summed E-state index contributed by atoms with van der Waals surface area (Å²) < 4.78 is 11.1. The normalized spacial score (nSPS) is 21.7. The van der Waals surface area contributed by atoms with E-state index in [0.29, 0.717) is 19.1 Å². The minimum Gasteiger partial charge on any atom is -0.381 e. The van der Waals surface area contributed by atoms with E-state index in [2.05, 4.69) is 5.32 Å². The summed E-state index contributed by atoms with van der Waals surface area (Å²) in [7, 11) is 2.00. The summed E-state index contributed by atoms with van der Waals surface area (Å²) in [5.74, 6) is 1.04. The van der Waals surface area contributed by atoms with Gasteiger partial charge in [-0.1, -0.05) is 0 Å². The smallest absolute Gasteiger partial charge is 0.224 e. The van der Waals surface area contributed by atoms with E-state index in [0.717, 1.165) is 64.4 Å². The summed E-state index contributed by atoms with van der Waals surface area (Å²) >= 11 is 0. The molecule has 1 amide bonds. The summed E-state index contributed by atoms with van der Waals surface area (Å²) in [4.78, 5) is 14.2. The van der Waals surface area contributed by atoms with Gasteiger partial charge in [0.25, 0.3) is 0 Å². The Kier molecular flexibility index (Phi) is 7.47. The largest absolute Gasteiger partial charge is 0.381 e. The molecule has 0 saturated carbocycles. The Hall–Kier alpha value is -0.650. The van der Waals surface area contributed by atoms with Crippen LogP contribution < -0.4 is 5.32 Å². The van der Waals surface area contributed by atoms with E-state index in [1.165, 1.54) is 6.42 Å². The van der Waals surface area contributed by atoms with E-state index < -0.39 is 0 Å². The van der Waals surface area contributed by atoms with Gasteiger partial charge in [0.1, 0.15) is 0 Å². The predicted molar refractivity (Wildman–Crippen MR) is 82.3 cm³/mol. The van der Waals surface area contributed by atoms with Crippen LogP contribution in [0.3, 0.4) is 0 Å². The molecule has 0 radical (unpaired) electrons. The van der Waals surface area contributed by atoms with E-state index in [1.54, 1.807) is 0 Å². The first-order valence-corrected chi connectivity index (χ1v) is 8.41. The van der Waals surface area contributed by atoms with Gasteiger partial charge in [0.15, 0.2) is 0 Å². The first-order chi connectivity index (χ1) is 10.3. The number of hydrogen-bond acceptors (Lipinski definition) is 4. The van der Waals surface area contributed by atoms with Crippen molar-refractivity contribution in [3.05, 3.63) is 0 Å². The molecule has 0 aromatic heterocycles. The average Bonchev–Trinajstić information content (AvgIpc) is 2.54. The van der Waals surface area contributed by atoms with Gasteiger partial charge >= 0.3 is 0 Å². The fraction of sp³-hybridized carbons (Fsp3) is 0.938. The average molecular weight is 298 g/mol. The van der Waals surface area contributed by atoms with Crippen molar-refractivity contribution < 1.29 is 14.3 Å². The molecule has 1 N–H and O–H groups in total. The molecule has 2 aliphatic heterocycles. The third-order valence-corrected chi connectivity index (χ3v) is 4.61. The highest BCUT2D eigenvalue weighted by molar-refractivity contribution is 5.76. The van der Waals surface area contributed by atoms with E-state index in [9.17, 15) is 4.79 Å². The minimum atomic E-state index is 0.258. The van der Waals surface area contributed by atoms with Crippen molar-refractivity contribution in [1.82, 2.24) is 10.2 Å². The molecule has 0 unspecified atom stereocenters. The fourth-order valence-corrected chi connectivity index (χ4v) is 3.13. The second-order valence-electron chi connectivity index (χ2n) is 6.15. The number of piperidine rings is 1. The topological polar surface area (TPSA) is 50.8 Å². The molecular formula is C16H30N2O3. The van der Waals surface area contributed by atoms with Crippen LogP contribution in [0.15, 0.2) is 0 Å². The van der Waals surface area contributed by atoms with Gasteiger partial charge in [-0.25, -0.2) is 0 Å². The van der Waals surface area contributed by atoms with Gasteiger partial charge in [-0.2, -0.15) is 0 Å². The maximum Gasteiger partial charge on any atom is 0.224 e. The standard InChI is InChI=1S/C16H30N2O3/c1-17-8-2-14-3-9-18(10-4-14)16(19)7-13-21-15-5-11-20-12-6-15/h14-15,17H,2-13H2,1H3. The highest BCUT2D eigenvalue weighted by Gasteiger charge is 2.22. The molecule has 122 valence electrons. The van der Waals surface area contributed by atoms with Gasteiger partial charge in [0.2, 0.25) is 5.91 Å². The third kappa shape index (κ3) is 5.93. The Bertz CT molecular complexity index is 298. The minimum absolute atomic E-state index is 0.258. The van der Waals surface area contributed by atoms with E-state index in [1.807, 2.05) is 11.9 Å². The number of amides is 1. The van der Waals surface area contributed by atoms with E-state index >= 15 is 0 Å². The first-order valence-electron chi connectivity index (χ1n) is 8.41. The highest BCUT2D eigenvalue weighted by atomic mass is 16.5. The number of ether oxygens (including phenoxy) is 2. The van der Waals surface area contributed by atoms with Crippen molar-refractivity contribution in [3.63, 3.8) is 0 Å². The van der Waals surface area contributed by atoms with Gasteiger partial charge in [0, 0.05) is 26.3 Å². The van der Waals surface area contributed by atoms with Crippen molar-refractivity contribution in [3.8, 4) is 0 Å². The van der Waals surface area contributed by atoms with Crippen LogP contribution in [0.4, 0.5) is 0 Å². The van der Waals surface area contributed by atoms with Gasteiger partial charge in [-0.05, 0) is 51.6 Å². The summed E-state index contributed by atoms with van der Waals surface area (Å²) in [6.45, 7) is 5.06. The molecule has 0 aromatic rings. The van der Waals surface area contributed by atoms with Gasteiger partial charge < -0.3 is 19.7 Å². The molecule has 5 heteroatoms. The molecule has 0 bridgehead atoms. The van der Waals surface area contributed by atoms with Crippen LogP contribution in [0, 0.1) is 5.92 Å². The Labute approximate surface area is 128 Å². The molecular weight excluding hydrogens is 268 g/mol. The second kappa shape index (κ2) is 9.38. The zero-order valence-corrected chi connectivity index (χ0v) is 13.3. The van der Waals surface area contributed by atoms with Crippen LogP contribution in [0.25, 0.3) is 0 Å². The van der Waals surface area contributed by atoms with Crippen LogP contribution in [0.2, 0.25) is 0 Å². The summed E-state index contributed by atoms with van der Waals surface area (Å²) in [6.07, 6.45) is 6.27. The fourth-order valence-electron chi connectivity index (χ4n) is 3.13. The van der Waals surface area contributed by atoms with Gasteiger partial charge in [0.05, 0.1) is 19.1 Å². The number of carbonyl (C=O) groups excluding carboxylic acids is 1. The molecule has 2 rings (SSSR count). The maximum absolute atomic E-state index is 12.2. The lowest BCUT2D eigenvalue weighted by Crippen LogP contribution is -2.39. The Morgan fingerprint density at radius 3 is 2.62 bits per heavy atom. The van der Waals surface area contributed by atoms with Crippen molar-refractivity contribution in [2.45, 2.75) is 44.6 Å². The number of nitrogens with one attached hydrogen (secondary N) is 1. The molecule has 2 fully saturated rings. The van der Waals surface area contributed by atoms with Crippen LogP contribution in [0.5, 0.6) is 0 Å². The molecule has 0 aromatic carbocycles. The molecule has 0 aliphatic carbocycles. The van der Waals surface area contributed by atoms with Gasteiger partial charge in [-0.3, -0.25) is 4.79 Å². The first kappa shape index (κ1) is 16.7. The number of likely N-dealkylation sites (tertiary alicyclic amines) is 1. The summed E-state index contributed by atoms with van der Waals surface area (Å²) in [5.41, 5.74) is 0. The molecule has 2 heterocycles. The highest BCUT2D eigenvalue weighted by Crippen LogP contribution is 2.20. The lowest BCUT2D eigenvalue weighted by molar-refractivity contribution is -0.134. The van der Waals surface area contributed by atoms with Crippen molar-refractivity contribution in [1.29, 1.82) is 0 Å². The van der Waals surface area contributed by atoms with E-state index in [-0.39, 0.29) is 5.91 Å². The predicted octanol–water partition coefficient (Wildman–Crippen LogP) is 1.42.